The molecule has 5 heteroatoms. The van der Waals surface area contributed by atoms with Crippen LogP contribution in [0.4, 0.5) is 15.8 Å². The van der Waals surface area contributed by atoms with Crippen molar-refractivity contribution in [3.63, 3.8) is 0 Å². The van der Waals surface area contributed by atoms with Crippen LogP contribution in [-0.2, 0) is 4.79 Å². The number of carbonyl (C=O) groups is 1. The van der Waals surface area contributed by atoms with Gasteiger partial charge in [0, 0.05) is 4.90 Å². The van der Waals surface area contributed by atoms with E-state index in [1.165, 1.54) is 30.0 Å². The van der Waals surface area contributed by atoms with E-state index in [0.717, 1.165) is 4.90 Å². The van der Waals surface area contributed by atoms with E-state index in [0.29, 0.717) is 5.69 Å². The van der Waals surface area contributed by atoms with Crippen LogP contribution in [0.25, 0.3) is 0 Å². The summed E-state index contributed by atoms with van der Waals surface area (Å²) in [5.74, 6) is -0.317. The second-order valence-corrected chi connectivity index (χ2v) is 4.93. The second-order valence-electron chi connectivity index (χ2n) is 3.88. The molecule has 1 amide bonds. The van der Waals surface area contributed by atoms with Crippen LogP contribution < -0.4 is 11.1 Å². The molecule has 2 aromatic rings. The standard InChI is InChI=1S/C14H13FN2OS/c15-10-6-7-13(12(16)8-10)17-14(18)9-19-11-4-2-1-3-5-11/h1-8H,9,16H2,(H,17,18). The lowest BCUT2D eigenvalue weighted by molar-refractivity contribution is -0.113. The summed E-state index contributed by atoms with van der Waals surface area (Å²) in [6, 6.07) is 13.5. The van der Waals surface area contributed by atoms with Gasteiger partial charge in [-0.3, -0.25) is 4.79 Å². The highest BCUT2D eigenvalue weighted by Gasteiger charge is 2.06. The van der Waals surface area contributed by atoms with E-state index in [2.05, 4.69) is 5.32 Å². The van der Waals surface area contributed by atoms with Gasteiger partial charge in [0.1, 0.15) is 5.82 Å². The zero-order valence-electron chi connectivity index (χ0n) is 10.1. The number of halogens is 1. The number of nitrogens with one attached hydrogen (secondary N) is 1. The van der Waals surface area contributed by atoms with Gasteiger partial charge in [0.15, 0.2) is 0 Å². The van der Waals surface area contributed by atoms with Gasteiger partial charge < -0.3 is 11.1 Å². The summed E-state index contributed by atoms with van der Waals surface area (Å²) in [5.41, 5.74) is 6.27. The Kier molecular flexibility index (Phi) is 4.41. The topological polar surface area (TPSA) is 55.1 Å². The predicted octanol–water partition coefficient (Wildman–Crippen LogP) is 3.14. The van der Waals surface area contributed by atoms with Crippen LogP contribution in [0.3, 0.4) is 0 Å². The van der Waals surface area contributed by atoms with Crippen molar-refractivity contribution in [3.8, 4) is 0 Å². The highest BCUT2D eigenvalue weighted by molar-refractivity contribution is 8.00. The number of thioether (sulfide) groups is 1. The molecule has 0 unspecified atom stereocenters. The average Bonchev–Trinajstić information content (AvgIpc) is 2.41. The van der Waals surface area contributed by atoms with Gasteiger partial charge in [0.2, 0.25) is 5.91 Å². The summed E-state index contributed by atoms with van der Waals surface area (Å²) in [6.07, 6.45) is 0. The fraction of sp³-hybridized carbons (Fsp3) is 0.0714. The lowest BCUT2D eigenvalue weighted by Gasteiger charge is -2.08. The highest BCUT2D eigenvalue weighted by Crippen LogP contribution is 2.21. The van der Waals surface area contributed by atoms with Crippen molar-refractivity contribution in [1.29, 1.82) is 0 Å². The maximum Gasteiger partial charge on any atom is 0.234 e. The third-order valence-corrected chi connectivity index (χ3v) is 3.41. The van der Waals surface area contributed by atoms with Crippen LogP contribution in [-0.4, -0.2) is 11.7 Å². The molecule has 0 heterocycles. The van der Waals surface area contributed by atoms with Gasteiger partial charge in [-0.1, -0.05) is 18.2 Å². The summed E-state index contributed by atoms with van der Waals surface area (Å²) >= 11 is 1.43. The first-order chi connectivity index (χ1) is 9.15. The van der Waals surface area contributed by atoms with E-state index >= 15 is 0 Å². The molecule has 2 aromatic carbocycles. The molecular formula is C14H13FN2OS. The van der Waals surface area contributed by atoms with E-state index in [1.54, 1.807) is 0 Å². The first-order valence-corrected chi connectivity index (χ1v) is 6.66. The first-order valence-electron chi connectivity index (χ1n) is 5.68. The van der Waals surface area contributed by atoms with E-state index in [-0.39, 0.29) is 17.3 Å². The first kappa shape index (κ1) is 13.4. The van der Waals surface area contributed by atoms with Crippen molar-refractivity contribution < 1.29 is 9.18 Å². The van der Waals surface area contributed by atoms with Gasteiger partial charge in [-0.05, 0) is 30.3 Å². The molecule has 3 nitrogen and oxygen atoms in total. The number of nitrogens with two attached hydrogens (primary N) is 1. The van der Waals surface area contributed by atoms with Crippen molar-refractivity contribution in [2.75, 3.05) is 16.8 Å². The summed E-state index contributed by atoms with van der Waals surface area (Å²) in [7, 11) is 0. The molecule has 0 saturated heterocycles. The van der Waals surface area contributed by atoms with Crippen LogP contribution >= 0.6 is 11.8 Å². The number of nitrogen functional groups attached to an aromatic ring is 1. The molecular weight excluding hydrogens is 263 g/mol. The Hall–Kier alpha value is -2.01. The van der Waals surface area contributed by atoms with E-state index in [9.17, 15) is 9.18 Å². The van der Waals surface area contributed by atoms with Crippen LogP contribution in [0.2, 0.25) is 0 Å². The molecule has 0 aliphatic heterocycles. The maximum atomic E-state index is 12.9. The fourth-order valence-electron chi connectivity index (χ4n) is 1.50. The number of amides is 1. The largest absolute Gasteiger partial charge is 0.397 e. The van der Waals surface area contributed by atoms with Gasteiger partial charge in [0.05, 0.1) is 17.1 Å². The van der Waals surface area contributed by atoms with Crippen LogP contribution in [0.15, 0.2) is 53.4 Å². The van der Waals surface area contributed by atoms with Crippen molar-refractivity contribution in [2.45, 2.75) is 4.90 Å². The summed E-state index contributed by atoms with van der Waals surface area (Å²) in [5, 5.41) is 2.66. The minimum absolute atomic E-state index is 0.174. The van der Waals surface area contributed by atoms with Gasteiger partial charge >= 0.3 is 0 Å². The number of rotatable bonds is 4. The zero-order chi connectivity index (χ0) is 13.7. The molecule has 0 saturated carbocycles. The summed E-state index contributed by atoms with van der Waals surface area (Å²) in [6.45, 7) is 0. The molecule has 0 radical (unpaired) electrons. The highest BCUT2D eigenvalue weighted by atomic mass is 32.2. The number of anilines is 2. The molecule has 0 fully saturated rings. The quantitative estimate of drug-likeness (QED) is 0.666. The number of carbonyl (C=O) groups excluding carboxylic acids is 1. The lowest BCUT2D eigenvalue weighted by Crippen LogP contribution is -2.15. The Morgan fingerprint density at radius 1 is 1.21 bits per heavy atom. The normalized spacial score (nSPS) is 10.2. The molecule has 98 valence electrons. The van der Waals surface area contributed by atoms with Gasteiger partial charge in [-0.2, -0.15) is 0 Å². The third-order valence-electron chi connectivity index (χ3n) is 2.40. The predicted molar refractivity (Wildman–Crippen MR) is 76.6 cm³/mol. The minimum atomic E-state index is -0.422. The van der Waals surface area contributed by atoms with E-state index in [4.69, 9.17) is 5.73 Å². The van der Waals surface area contributed by atoms with Crippen LogP contribution in [0, 0.1) is 5.82 Å². The van der Waals surface area contributed by atoms with Gasteiger partial charge in [-0.25, -0.2) is 4.39 Å². The second kappa shape index (κ2) is 6.24. The molecule has 0 aliphatic carbocycles. The van der Waals surface area contributed by atoms with E-state index < -0.39 is 5.82 Å². The molecule has 0 aromatic heterocycles. The SMILES string of the molecule is Nc1cc(F)ccc1NC(=O)CSc1ccccc1. The molecule has 0 spiro atoms. The lowest BCUT2D eigenvalue weighted by atomic mass is 10.2. The average molecular weight is 276 g/mol. The van der Waals surface area contributed by atoms with Crippen molar-refractivity contribution in [3.05, 3.63) is 54.3 Å². The van der Waals surface area contributed by atoms with Crippen molar-refractivity contribution in [1.82, 2.24) is 0 Å². The fourth-order valence-corrected chi connectivity index (χ4v) is 2.22. The van der Waals surface area contributed by atoms with Crippen molar-refractivity contribution in [2.24, 2.45) is 0 Å². The molecule has 0 atom stereocenters. The molecule has 19 heavy (non-hydrogen) atoms. The Bertz CT molecular complexity index is 575. The zero-order valence-corrected chi connectivity index (χ0v) is 10.9. The van der Waals surface area contributed by atoms with Crippen molar-refractivity contribution >= 4 is 29.0 Å². The Morgan fingerprint density at radius 2 is 1.95 bits per heavy atom. The summed E-state index contributed by atoms with van der Waals surface area (Å²) in [4.78, 5) is 12.8. The Balaban J connectivity index is 1.91. The maximum absolute atomic E-state index is 12.9. The summed E-state index contributed by atoms with van der Waals surface area (Å²) < 4.78 is 12.9. The number of benzene rings is 2. The molecule has 3 N–H and O–H groups in total. The van der Waals surface area contributed by atoms with Gasteiger partial charge in [0.25, 0.3) is 0 Å². The molecule has 2 rings (SSSR count). The number of hydrogen-bond acceptors (Lipinski definition) is 3. The van der Waals surface area contributed by atoms with E-state index in [1.807, 2.05) is 30.3 Å². The molecule has 0 bridgehead atoms. The Labute approximate surface area is 115 Å². The van der Waals surface area contributed by atoms with Crippen LogP contribution in [0.1, 0.15) is 0 Å². The number of hydrogen-bond donors (Lipinski definition) is 2. The van der Waals surface area contributed by atoms with Crippen LogP contribution in [0.5, 0.6) is 0 Å². The monoisotopic (exact) mass is 276 g/mol. The Morgan fingerprint density at radius 3 is 2.63 bits per heavy atom. The van der Waals surface area contributed by atoms with Gasteiger partial charge in [-0.15, -0.1) is 11.8 Å². The molecule has 0 aliphatic rings. The third kappa shape index (κ3) is 3.99. The smallest absolute Gasteiger partial charge is 0.234 e. The minimum Gasteiger partial charge on any atom is -0.397 e.